The van der Waals surface area contributed by atoms with Crippen LogP contribution in [0.25, 0.3) is 26.1 Å². The van der Waals surface area contributed by atoms with Crippen LogP contribution in [0.5, 0.6) is 0 Å². The third-order valence-electron chi connectivity index (χ3n) is 4.42. The van der Waals surface area contributed by atoms with Crippen molar-refractivity contribution in [2.75, 3.05) is 18.5 Å². The van der Waals surface area contributed by atoms with E-state index in [1.54, 1.807) is 19.1 Å². The van der Waals surface area contributed by atoms with Gasteiger partial charge in [0.1, 0.15) is 33.5 Å². The van der Waals surface area contributed by atoms with Crippen LogP contribution in [0, 0.1) is 0 Å². The fraction of sp³-hybridized carbons (Fsp3) is 0.368. The first-order valence-electron chi connectivity index (χ1n) is 9.01. The number of nitrogens with zero attached hydrogens (tertiary/aromatic N) is 5. The minimum Gasteiger partial charge on any atom is -0.359 e. The molecule has 0 N–H and O–H groups in total. The highest BCUT2D eigenvalue weighted by Gasteiger charge is 2.18. The van der Waals surface area contributed by atoms with Gasteiger partial charge in [0, 0.05) is 19.3 Å². The van der Waals surface area contributed by atoms with Crippen molar-refractivity contribution < 1.29 is 13.5 Å². The minimum atomic E-state index is -2.86. The summed E-state index contributed by atoms with van der Waals surface area (Å²) in [5.74, 6) is 0.720. The summed E-state index contributed by atoms with van der Waals surface area (Å²) in [4.78, 5) is 28.9. The van der Waals surface area contributed by atoms with Crippen LogP contribution < -0.4 is 10.5 Å². The molecule has 0 aromatic carbocycles. The third kappa shape index (κ3) is 4.18. The Kier molecular flexibility index (Phi) is 6.33. The van der Waals surface area contributed by atoms with Crippen molar-refractivity contribution in [2.24, 2.45) is 0 Å². The van der Waals surface area contributed by atoms with E-state index in [4.69, 9.17) is 0 Å². The average Bonchev–Trinajstić information content (AvgIpc) is 3.08. The van der Waals surface area contributed by atoms with E-state index in [9.17, 15) is 13.6 Å². The fourth-order valence-corrected chi connectivity index (χ4v) is 3.85. The maximum Gasteiger partial charge on any atom is 0.345 e. The number of thiophene rings is 1. The zero-order valence-electron chi connectivity index (χ0n) is 16.5. The molecule has 3 aromatic rings. The van der Waals surface area contributed by atoms with Crippen molar-refractivity contribution in [1.82, 2.24) is 19.5 Å². The van der Waals surface area contributed by atoms with E-state index in [0.29, 0.717) is 20.7 Å². The quantitative estimate of drug-likeness (QED) is 0.539. The largest absolute Gasteiger partial charge is 0.359 e. The molecule has 0 amide bonds. The Labute approximate surface area is 170 Å². The SMILES string of the molecule is C/C=C(\C=C/C(C)OC(F)F)n1cnc2c(sc3ncnc(N(C)CC)c32)c1=O. The first kappa shape index (κ1) is 21.0. The second-order valence-corrected chi connectivity index (χ2v) is 7.26. The highest BCUT2D eigenvalue weighted by molar-refractivity contribution is 7.25. The number of ether oxygens (including phenoxy) is 1. The van der Waals surface area contributed by atoms with Crippen molar-refractivity contribution in [2.45, 2.75) is 33.5 Å². The molecule has 0 spiro atoms. The lowest BCUT2D eigenvalue weighted by Crippen LogP contribution is -2.19. The van der Waals surface area contributed by atoms with E-state index in [1.165, 1.54) is 41.6 Å². The zero-order chi connectivity index (χ0) is 21.1. The number of rotatable bonds is 7. The molecule has 0 saturated carbocycles. The zero-order valence-corrected chi connectivity index (χ0v) is 17.3. The Morgan fingerprint density at radius 1 is 1.38 bits per heavy atom. The molecule has 0 saturated heterocycles. The van der Waals surface area contributed by atoms with Crippen molar-refractivity contribution in [1.29, 1.82) is 0 Å². The van der Waals surface area contributed by atoms with Gasteiger partial charge >= 0.3 is 6.61 Å². The Balaban J connectivity index is 2.10. The molecule has 7 nitrogen and oxygen atoms in total. The highest BCUT2D eigenvalue weighted by atomic mass is 32.1. The van der Waals surface area contributed by atoms with E-state index >= 15 is 0 Å². The van der Waals surface area contributed by atoms with E-state index < -0.39 is 12.7 Å². The van der Waals surface area contributed by atoms with E-state index in [2.05, 4.69) is 19.7 Å². The number of aromatic nitrogens is 4. The Bertz CT molecular complexity index is 1140. The molecule has 0 fully saturated rings. The molecule has 1 unspecified atom stereocenters. The number of halogens is 2. The summed E-state index contributed by atoms with van der Waals surface area (Å²) in [6.07, 6.45) is 6.82. The van der Waals surface area contributed by atoms with Gasteiger partial charge in [-0.2, -0.15) is 8.78 Å². The lowest BCUT2D eigenvalue weighted by molar-refractivity contribution is -0.145. The molecule has 0 aliphatic rings. The molecule has 10 heteroatoms. The van der Waals surface area contributed by atoms with Gasteiger partial charge in [-0.25, -0.2) is 15.0 Å². The van der Waals surface area contributed by atoms with Crippen LogP contribution in [0.2, 0.25) is 0 Å². The maximum atomic E-state index is 13.1. The normalized spacial score (nSPS) is 13.8. The van der Waals surface area contributed by atoms with Crippen molar-refractivity contribution in [3.05, 3.63) is 41.2 Å². The maximum absolute atomic E-state index is 13.1. The highest BCUT2D eigenvalue weighted by Crippen LogP contribution is 2.34. The van der Waals surface area contributed by atoms with Gasteiger partial charge in [-0.15, -0.1) is 11.3 Å². The summed E-state index contributed by atoms with van der Waals surface area (Å²) >= 11 is 1.26. The van der Waals surface area contributed by atoms with Crippen LogP contribution in [0.15, 0.2) is 35.7 Å². The number of allylic oxidation sites excluding steroid dienone is 3. The van der Waals surface area contributed by atoms with E-state index in [1.807, 2.05) is 18.9 Å². The number of hydrogen-bond acceptors (Lipinski definition) is 7. The molecule has 3 rings (SSSR count). The summed E-state index contributed by atoms with van der Waals surface area (Å²) in [7, 11) is 1.91. The van der Waals surface area contributed by atoms with Gasteiger partial charge < -0.3 is 9.64 Å². The second-order valence-electron chi connectivity index (χ2n) is 6.27. The van der Waals surface area contributed by atoms with Gasteiger partial charge in [-0.05, 0) is 26.8 Å². The molecule has 29 heavy (non-hydrogen) atoms. The summed E-state index contributed by atoms with van der Waals surface area (Å²) in [6.45, 7) is 3.13. The monoisotopic (exact) mass is 421 g/mol. The molecule has 1 atom stereocenters. The van der Waals surface area contributed by atoms with Crippen LogP contribution in [-0.2, 0) is 4.74 Å². The van der Waals surface area contributed by atoms with E-state index in [-0.39, 0.29) is 5.56 Å². The first-order chi connectivity index (χ1) is 13.9. The first-order valence-corrected chi connectivity index (χ1v) is 9.83. The standard InChI is InChI=1S/C19H21F2N5O2S/c1-5-12(8-7-11(3)28-19(20)21)26-10-24-14-13-16(25(4)6-2)22-9-23-17(13)29-15(14)18(26)27/h5,7-11,19H,6H2,1-4H3/b8-7-,12-5+. The minimum absolute atomic E-state index is 0.261. The van der Waals surface area contributed by atoms with Crippen LogP contribution in [0.4, 0.5) is 14.6 Å². The third-order valence-corrected chi connectivity index (χ3v) is 5.50. The second kappa shape index (κ2) is 8.75. The summed E-state index contributed by atoms with van der Waals surface area (Å²) in [6, 6.07) is 0. The molecule has 0 aliphatic carbocycles. The molecular formula is C19H21F2N5O2S. The predicted molar refractivity (Wildman–Crippen MR) is 112 cm³/mol. The smallest absolute Gasteiger partial charge is 0.345 e. The van der Waals surface area contributed by atoms with Gasteiger partial charge in [0.25, 0.3) is 5.56 Å². The van der Waals surface area contributed by atoms with Crippen molar-refractivity contribution in [3.63, 3.8) is 0 Å². The Hall–Kier alpha value is -2.72. The fourth-order valence-electron chi connectivity index (χ4n) is 2.83. The number of hydrogen-bond donors (Lipinski definition) is 0. The van der Waals surface area contributed by atoms with Gasteiger partial charge in [0.05, 0.1) is 11.5 Å². The summed E-state index contributed by atoms with van der Waals surface area (Å²) < 4.78 is 30.9. The molecule has 3 aromatic heterocycles. The Morgan fingerprint density at radius 2 is 2.14 bits per heavy atom. The van der Waals surface area contributed by atoms with Crippen LogP contribution in [0.3, 0.4) is 0 Å². The lowest BCUT2D eigenvalue weighted by atomic mass is 10.2. The molecule has 0 bridgehead atoms. The van der Waals surface area contributed by atoms with E-state index in [0.717, 1.165) is 17.7 Å². The van der Waals surface area contributed by atoms with Gasteiger partial charge in [0.15, 0.2) is 0 Å². The van der Waals surface area contributed by atoms with Crippen molar-refractivity contribution in [3.8, 4) is 0 Å². The average molecular weight is 421 g/mol. The van der Waals surface area contributed by atoms with Gasteiger partial charge in [-0.3, -0.25) is 9.36 Å². The van der Waals surface area contributed by atoms with Crippen LogP contribution in [0.1, 0.15) is 20.8 Å². The topological polar surface area (TPSA) is 73.1 Å². The Morgan fingerprint density at radius 3 is 2.79 bits per heavy atom. The lowest BCUT2D eigenvalue weighted by Gasteiger charge is -2.15. The van der Waals surface area contributed by atoms with Crippen LogP contribution >= 0.6 is 11.3 Å². The number of alkyl halides is 2. The molecule has 3 heterocycles. The molecular weight excluding hydrogens is 400 g/mol. The summed E-state index contributed by atoms with van der Waals surface area (Å²) in [5, 5.41) is 0.748. The molecule has 0 radical (unpaired) electrons. The van der Waals surface area contributed by atoms with Crippen LogP contribution in [-0.4, -0.2) is 45.8 Å². The summed E-state index contributed by atoms with van der Waals surface area (Å²) in [5.41, 5.74) is 0.794. The number of fused-ring (bicyclic) bond motifs is 3. The molecule has 154 valence electrons. The predicted octanol–water partition coefficient (Wildman–Crippen LogP) is 3.90. The van der Waals surface area contributed by atoms with Gasteiger partial charge in [0.2, 0.25) is 0 Å². The van der Waals surface area contributed by atoms with Gasteiger partial charge in [-0.1, -0.05) is 12.2 Å². The molecule has 0 aliphatic heterocycles. The van der Waals surface area contributed by atoms with Crippen molar-refractivity contribution >= 4 is 43.3 Å². The number of anilines is 1.